The van der Waals surface area contributed by atoms with E-state index in [1.807, 2.05) is 0 Å². The number of aliphatic imine (C=N–C) groups is 1. The van der Waals surface area contributed by atoms with E-state index < -0.39 is 16.4 Å². The summed E-state index contributed by atoms with van der Waals surface area (Å²) < 4.78 is 0. The summed E-state index contributed by atoms with van der Waals surface area (Å²) in [7, 11) is 0. The van der Waals surface area contributed by atoms with E-state index in [0.717, 1.165) is 0 Å². The van der Waals surface area contributed by atoms with Crippen molar-refractivity contribution in [1.82, 2.24) is 15.4 Å². The number of nitrogens with zero attached hydrogens (tertiary/aromatic N) is 5. The van der Waals surface area contributed by atoms with Crippen molar-refractivity contribution in [3.8, 4) is 5.75 Å². The van der Waals surface area contributed by atoms with Gasteiger partial charge in [0.2, 0.25) is 5.75 Å². The second-order valence-corrected chi connectivity index (χ2v) is 5.21. The van der Waals surface area contributed by atoms with Gasteiger partial charge in [-0.05, 0) is 30.3 Å². The van der Waals surface area contributed by atoms with Crippen molar-refractivity contribution < 1.29 is 10.0 Å². The molecule has 0 bridgehead atoms. The Morgan fingerprint density at radius 1 is 1.07 bits per heavy atom. The van der Waals surface area contributed by atoms with Gasteiger partial charge in [0.05, 0.1) is 11.1 Å². The molecule has 0 radical (unpaired) electrons. The molecule has 0 amide bonds. The molecule has 134 valence electrons. The second kappa shape index (κ2) is 8.30. The van der Waals surface area contributed by atoms with Crippen LogP contribution in [0.2, 0.25) is 0 Å². The van der Waals surface area contributed by atoms with Crippen molar-refractivity contribution in [2.75, 3.05) is 0 Å². The minimum atomic E-state index is -0.665. The van der Waals surface area contributed by atoms with Crippen molar-refractivity contribution >= 4 is 23.6 Å². The Labute approximate surface area is 153 Å². The van der Waals surface area contributed by atoms with Crippen LogP contribution in [0, 0.1) is 10.1 Å². The summed E-state index contributed by atoms with van der Waals surface area (Å²) in [4.78, 5) is 23.0. The van der Waals surface area contributed by atoms with E-state index in [1.54, 1.807) is 48.8 Å². The Morgan fingerprint density at radius 2 is 1.85 bits per heavy atom. The van der Waals surface area contributed by atoms with Gasteiger partial charge < -0.3 is 5.11 Å². The highest BCUT2D eigenvalue weighted by Gasteiger charge is 2.15. The highest BCUT2D eigenvalue weighted by Crippen LogP contribution is 2.27. The van der Waals surface area contributed by atoms with Crippen LogP contribution in [-0.4, -0.2) is 32.0 Å². The molecule has 9 heteroatoms. The van der Waals surface area contributed by atoms with Gasteiger partial charge in [0, 0.05) is 24.0 Å². The molecule has 9 nitrogen and oxygen atoms in total. The maximum atomic E-state index is 10.9. The first-order chi connectivity index (χ1) is 13.1. The fourth-order valence-corrected chi connectivity index (χ4v) is 2.14. The smallest absolute Gasteiger partial charge is 0.311 e. The van der Waals surface area contributed by atoms with Crippen LogP contribution < -0.4 is 5.43 Å². The number of nitrogens with one attached hydrogen (secondary N) is 1. The predicted molar refractivity (Wildman–Crippen MR) is 100 cm³/mol. The zero-order chi connectivity index (χ0) is 19.1. The first-order valence-electron chi connectivity index (χ1n) is 7.82. The summed E-state index contributed by atoms with van der Waals surface area (Å²) in [5, 5.41) is 24.9. The second-order valence-electron chi connectivity index (χ2n) is 5.21. The molecule has 0 atom stereocenters. The first kappa shape index (κ1) is 17.7. The normalized spacial score (nSPS) is 11.5. The summed E-state index contributed by atoms with van der Waals surface area (Å²) in [6.45, 7) is 0. The number of benzene rings is 1. The summed E-state index contributed by atoms with van der Waals surface area (Å²) in [5.74, 6) is 0.323. The van der Waals surface area contributed by atoms with Gasteiger partial charge in [-0.25, -0.2) is 9.98 Å². The predicted octanol–water partition coefficient (Wildman–Crippen LogP) is 2.79. The molecule has 0 aliphatic heterocycles. The lowest BCUT2D eigenvalue weighted by atomic mass is 10.2. The summed E-state index contributed by atoms with van der Waals surface area (Å²) in [5.41, 5.74) is 3.07. The van der Waals surface area contributed by atoms with Gasteiger partial charge in [-0.2, -0.15) is 5.10 Å². The quantitative estimate of drug-likeness (QED) is 0.311. The average Bonchev–Trinajstić information content (AvgIpc) is 2.69. The topological polar surface area (TPSA) is 126 Å². The molecule has 0 aliphatic carbocycles. The maximum absolute atomic E-state index is 10.9. The Kier molecular flexibility index (Phi) is 5.43. The minimum absolute atomic E-state index is 0.190. The van der Waals surface area contributed by atoms with Crippen LogP contribution in [0.5, 0.6) is 5.75 Å². The van der Waals surface area contributed by atoms with Gasteiger partial charge in [-0.15, -0.1) is 0 Å². The van der Waals surface area contributed by atoms with E-state index in [4.69, 9.17) is 0 Å². The Morgan fingerprint density at radius 3 is 2.52 bits per heavy atom. The van der Waals surface area contributed by atoms with E-state index in [0.29, 0.717) is 17.3 Å². The molecule has 27 heavy (non-hydrogen) atoms. The fraction of sp³-hybridized carbons (Fsp3) is 0. The van der Waals surface area contributed by atoms with Crippen molar-refractivity contribution in [2.24, 2.45) is 10.1 Å². The third-order valence-electron chi connectivity index (χ3n) is 3.40. The van der Waals surface area contributed by atoms with Crippen molar-refractivity contribution in [3.05, 3.63) is 88.4 Å². The number of para-hydroxylation sites is 1. The number of rotatable bonds is 5. The van der Waals surface area contributed by atoms with Crippen LogP contribution in [-0.2, 0) is 0 Å². The van der Waals surface area contributed by atoms with Gasteiger partial charge in [0.1, 0.15) is 5.69 Å². The molecule has 0 saturated carbocycles. The molecule has 2 heterocycles. The number of aromatic hydroxyl groups is 1. The number of amidine groups is 1. The van der Waals surface area contributed by atoms with E-state index >= 15 is 0 Å². The lowest BCUT2D eigenvalue weighted by molar-refractivity contribution is -0.385. The Balaban J connectivity index is 1.88. The molecular formula is C18H14N6O3. The van der Waals surface area contributed by atoms with Gasteiger partial charge in [0.25, 0.3) is 0 Å². The van der Waals surface area contributed by atoms with E-state index in [1.165, 1.54) is 24.4 Å². The van der Waals surface area contributed by atoms with Crippen molar-refractivity contribution in [3.63, 3.8) is 0 Å². The fourth-order valence-electron chi connectivity index (χ4n) is 2.14. The number of aromatic nitrogens is 2. The zero-order valence-corrected chi connectivity index (χ0v) is 13.9. The zero-order valence-electron chi connectivity index (χ0n) is 13.9. The largest absolute Gasteiger partial charge is 0.502 e. The molecule has 0 saturated heterocycles. The van der Waals surface area contributed by atoms with Gasteiger partial charge in [-0.1, -0.05) is 18.2 Å². The highest BCUT2D eigenvalue weighted by molar-refractivity contribution is 5.99. The molecule has 2 aromatic heterocycles. The van der Waals surface area contributed by atoms with E-state index in [2.05, 4.69) is 25.5 Å². The SMILES string of the molecule is O=[N+]([O-])c1cccc(/C=N\NC(=Nc2ccccn2)c2ccccn2)c1O. The first-order valence-corrected chi connectivity index (χ1v) is 7.82. The number of phenolic OH excluding ortho intramolecular Hbond substituents is 1. The number of hydrogen-bond acceptors (Lipinski definition) is 7. The molecule has 0 fully saturated rings. The highest BCUT2D eigenvalue weighted by atomic mass is 16.6. The lowest BCUT2D eigenvalue weighted by Crippen LogP contribution is -2.20. The number of nitro benzene ring substituents is 1. The molecule has 3 rings (SSSR count). The van der Waals surface area contributed by atoms with E-state index in [-0.39, 0.29) is 5.56 Å². The number of nitro groups is 1. The van der Waals surface area contributed by atoms with Gasteiger partial charge in [0.15, 0.2) is 11.7 Å². The minimum Gasteiger partial charge on any atom is -0.502 e. The number of phenols is 1. The number of pyridine rings is 2. The molecule has 3 aromatic rings. The summed E-state index contributed by atoms with van der Waals surface area (Å²) >= 11 is 0. The Hall–Kier alpha value is -4.14. The molecule has 1 aromatic carbocycles. The lowest BCUT2D eigenvalue weighted by Gasteiger charge is -2.05. The average molecular weight is 362 g/mol. The number of hydrogen-bond donors (Lipinski definition) is 2. The van der Waals surface area contributed by atoms with Crippen LogP contribution in [0.3, 0.4) is 0 Å². The molecular weight excluding hydrogens is 348 g/mol. The summed E-state index contributed by atoms with van der Waals surface area (Å²) in [6, 6.07) is 14.8. The maximum Gasteiger partial charge on any atom is 0.311 e. The standard InChI is InChI=1S/C18H14N6O3/c25-17-13(6-5-8-15(17)24(26)27)12-21-23-18(14-7-1-3-10-19-14)22-16-9-2-4-11-20-16/h1-12,25H,(H,20,22,23)/b21-12-. The van der Waals surface area contributed by atoms with Crippen LogP contribution in [0.1, 0.15) is 11.3 Å². The van der Waals surface area contributed by atoms with Crippen LogP contribution in [0.4, 0.5) is 11.5 Å². The molecule has 0 unspecified atom stereocenters. The summed E-state index contributed by atoms with van der Waals surface area (Å²) in [6.07, 6.45) is 4.49. The van der Waals surface area contributed by atoms with Crippen molar-refractivity contribution in [2.45, 2.75) is 0 Å². The monoisotopic (exact) mass is 362 g/mol. The third kappa shape index (κ3) is 4.48. The van der Waals surface area contributed by atoms with Crippen LogP contribution in [0.25, 0.3) is 0 Å². The van der Waals surface area contributed by atoms with Crippen LogP contribution >= 0.6 is 0 Å². The van der Waals surface area contributed by atoms with Crippen molar-refractivity contribution in [1.29, 1.82) is 0 Å². The molecule has 0 spiro atoms. The van der Waals surface area contributed by atoms with Gasteiger partial charge in [-0.3, -0.25) is 20.5 Å². The number of hydrazone groups is 1. The Bertz CT molecular complexity index is 990. The molecule has 0 aliphatic rings. The molecule has 2 N–H and O–H groups in total. The van der Waals surface area contributed by atoms with Gasteiger partial charge >= 0.3 is 5.69 Å². The van der Waals surface area contributed by atoms with E-state index in [9.17, 15) is 15.2 Å². The van der Waals surface area contributed by atoms with Crippen LogP contribution in [0.15, 0.2) is 77.1 Å². The third-order valence-corrected chi connectivity index (χ3v) is 3.40.